The van der Waals surface area contributed by atoms with Gasteiger partial charge < -0.3 is 10.3 Å². The van der Waals surface area contributed by atoms with Crippen molar-refractivity contribution in [2.75, 3.05) is 31.6 Å². The molecule has 0 bridgehead atoms. The summed E-state index contributed by atoms with van der Waals surface area (Å²) in [5.74, 6) is 0.380. The zero-order chi connectivity index (χ0) is 22.4. The zero-order valence-electron chi connectivity index (χ0n) is 18.3. The molecule has 0 saturated carbocycles. The van der Waals surface area contributed by atoms with Crippen LogP contribution in [0.2, 0.25) is 0 Å². The molecule has 9 nitrogen and oxygen atoms in total. The van der Waals surface area contributed by atoms with Gasteiger partial charge in [0.1, 0.15) is 16.8 Å². The van der Waals surface area contributed by atoms with E-state index in [0.29, 0.717) is 31.9 Å². The number of amides is 1. The molecule has 1 amide bonds. The van der Waals surface area contributed by atoms with E-state index in [0.717, 1.165) is 32.1 Å². The first kappa shape index (κ1) is 23.4. The van der Waals surface area contributed by atoms with Crippen molar-refractivity contribution < 1.29 is 13.2 Å². The third kappa shape index (κ3) is 5.53. The van der Waals surface area contributed by atoms with Crippen LogP contribution in [0.4, 0.5) is 5.82 Å². The first-order chi connectivity index (χ1) is 14.9. The summed E-state index contributed by atoms with van der Waals surface area (Å²) in [5.41, 5.74) is 3.16. The highest BCUT2D eigenvalue weighted by Gasteiger charge is 2.30. The fourth-order valence-corrected chi connectivity index (χ4v) is 5.43. The maximum Gasteiger partial charge on any atom is 0.244 e. The molecule has 1 aromatic rings. The van der Waals surface area contributed by atoms with Gasteiger partial charge in [0.25, 0.3) is 0 Å². The Bertz CT molecular complexity index is 893. The lowest BCUT2D eigenvalue weighted by atomic mass is 10.2. The van der Waals surface area contributed by atoms with Gasteiger partial charge in [-0.3, -0.25) is 4.79 Å². The lowest BCUT2D eigenvalue weighted by Gasteiger charge is -2.31. The lowest BCUT2D eigenvalue weighted by Crippen LogP contribution is -2.47. The Labute approximate surface area is 185 Å². The molecule has 1 N–H and O–H groups in total. The third-order valence-corrected chi connectivity index (χ3v) is 7.98. The Kier molecular flexibility index (Phi) is 7.86. The van der Waals surface area contributed by atoms with Crippen molar-refractivity contribution in [3.63, 3.8) is 0 Å². The van der Waals surface area contributed by atoms with Crippen molar-refractivity contribution in [1.29, 1.82) is 5.26 Å². The van der Waals surface area contributed by atoms with Crippen LogP contribution in [0.15, 0.2) is 23.2 Å². The van der Waals surface area contributed by atoms with Gasteiger partial charge >= 0.3 is 0 Å². The Balaban J connectivity index is 1.69. The van der Waals surface area contributed by atoms with Crippen LogP contribution in [0.1, 0.15) is 52.4 Å². The van der Waals surface area contributed by atoms with Crippen LogP contribution in [0, 0.1) is 11.3 Å². The quantitative estimate of drug-likeness (QED) is 0.607. The van der Waals surface area contributed by atoms with Gasteiger partial charge in [-0.25, -0.2) is 18.4 Å². The summed E-state index contributed by atoms with van der Waals surface area (Å²) in [6, 6.07) is 5.08. The molecule has 1 unspecified atom stereocenters. The number of nitrogens with zero attached hydrogens (tertiary/aromatic N) is 5. The number of anilines is 1. The van der Waals surface area contributed by atoms with Gasteiger partial charge in [0.2, 0.25) is 15.9 Å². The van der Waals surface area contributed by atoms with Crippen LogP contribution in [0.5, 0.6) is 0 Å². The standard InChI is InChI=1S/C21H32N6O3S/c1-3-17(2)27(16-21(28)26-13-7-8-18(26)14-22)24-20-10-9-19(15-23-20)31(29,30)25-11-5-4-6-12-25/h9-10,15,17-18H,3-8,11-13,16H2,1-2H3,(H,23,24)/t17-,18?/m0/s1. The fourth-order valence-electron chi connectivity index (χ4n) is 3.96. The van der Waals surface area contributed by atoms with Crippen LogP contribution in [-0.2, 0) is 14.8 Å². The number of pyridine rings is 1. The van der Waals surface area contributed by atoms with E-state index in [1.807, 2.05) is 13.8 Å². The second kappa shape index (κ2) is 10.4. The molecule has 170 valence electrons. The number of piperidine rings is 1. The zero-order valence-corrected chi connectivity index (χ0v) is 19.1. The number of carbonyl (C=O) groups is 1. The summed E-state index contributed by atoms with van der Waals surface area (Å²) in [6.45, 7) is 5.84. The summed E-state index contributed by atoms with van der Waals surface area (Å²) in [7, 11) is -3.53. The molecular weight excluding hydrogens is 416 g/mol. The average Bonchev–Trinajstić information content (AvgIpc) is 3.28. The Morgan fingerprint density at radius 1 is 1.29 bits per heavy atom. The van der Waals surface area contributed by atoms with Gasteiger partial charge in [0, 0.05) is 31.9 Å². The largest absolute Gasteiger partial charge is 0.325 e. The van der Waals surface area contributed by atoms with Crippen LogP contribution in [0.25, 0.3) is 0 Å². The molecular formula is C21H32N6O3S. The van der Waals surface area contributed by atoms with Crippen molar-refractivity contribution in [1.82, 2.24) is 19.2 Å². The number of carbonyl (C=O) groups excluding carboxylic acids is 1. The number of aromatic nitrogens is 1. The molecule has 2 saturated heterocycles. The number of rotatable bonds is 8. The van der Waals surface area contributed by atoms with E-state index in [1.165, 1.54) is 10.5 Å². The number of hydrazine groups is 1. The molecule has 2 aliphatic heterocycles. The molecule has 0 radical (unpaired) electrons. The highest BCUT2D eigenvalue weighted by Crippen LogP contribution is 2.22. The average molecular weight is 449 g/mol. The first-order valence-electron chi connectivity index (χ1n) is 11.1. The fraction of sp³-hybridized carbons (Fsp3) is 0.667. The number of likely N-dealkylation sites (tertiary alicyclic amines) is 1. The van der Waals surface area contributed by atoms with E-state index in [9.17, 15) is 18.5 Å². The highest BCUT2D eigenvalue weighted by atomic mass is 32.2. The van der Waals surface area contributed by atoms with E-state index in [4.69, 9.17) is 0 Å². The molecule has 0 spiro atoms. The van der Waals surface area contributed by atoms with Crippen molar-refractivity contribution in [2.45, 2.75) is 69.4 Å². The van der Waals surface area contributed by atoms with Crippen LogP contribution in [0.3, 0.4) is 0 Å². The summed E-state index contributed by atoms with van der Waals surface area (Å²) < 4.78 is 27.1. The molecule has 3 rings (SSSR count). The van der Waals surface area contributed by atoms with E-state index < -0.39 is 10.0 Å². The topological polar surface area (TPSA) is 110 Å². The second-order valence-corrected chi connectivity index (χ2v) is 10.2. The van der Waals surface area contributed by atoms with Crippen molar-refractivity contribution >= 4 is 21.7 Å². The van der Waals surface area contributed by atoms with E-state index in [1.54, 1.807) is 22.0 Å². The molecule has 0 aliphatic carbocycles. The van der Waals surface area contributed by atoms with E-state index >= 15 is 0 Å². The summed E-state index contributed by atoms with van der Waals surface area (Å²) >= 11 is 0. The lowest BCUT2D eigenvalue weighted by molar-refractivity contribution is -0.132. The monoisotopic (exact) mass is 448 g/mol. The van der Waals surface area contributed by atoms with Gasteiger partial charge in [-0.15, -0.1) is 0 Å². The minimum Gasteiger partial charge on any atom is -0.325 e. The van der Waals surface area contributed by atoms with E-state index in [2.05, 4.69) is 16.5 Å². The number of nitrogens with one attached hydrogen (secondary N) is 1. The van der Waals surface area contributed by atoms with E-state index in [-0.39, 0.29) is 29.4 Å². The number of hydrogen-bond acceptors (Lipinski definition) is 7. The second-order valence-electron chi connectivity index (χ2n) is 8.22. The Hall–Kier alpha value is -2.22. The molecule has 3 heterocycles. The maximum absolute atomic E-state index is 12.8. The molecule has 2 atom stereocenters. The van der Waals surface area contributed by atoms with Crippen molar-refractivity contribution in [2.24, 2.45) is 0 Å². The minimum absolute atomic E-state index is 0.0469. The number of nitriles is 1. The summed E-state index contributed by atoms with van der Waals surface area (Å²) in [6.07, 6.45) is 6.56. The molecule has 2 aliphatic rings. The minimum atomic E-state index is -3.53. The van der Waals surface area contributed by atoms with Crippen LogP contribution in [-0.4, -0.2) is 71.8 Å². The van der Waals surface area contributed by atoms with Crippen LogP contribution < -0.4 is 5.43 Å². The normalized spacial score (nSPS) is 21.1. The summed E-state index contributed by atoms with van der Waals surface area (Å²) in [5, 5.41) is 11.1. The molecule has 1 aromatic heterocycles. The highest BCUT2D eigenvalue weighted by molar-refractivity contribution is 7.89. The predicted molar refractivity (Wildman–Crippen MR) is 117 cm³/mol. The molecule has 2 fully saturated rings. The SMILES string of the molecule is CC[C@H](C)N(CC(=O)N1CCCC1C#N)Nc1ccc(S(=O)(=O)N2CCCCC2)cn1. The Morgan fingerprint density at radius 3 is 2.65 bits per heavy atom. The molecule has 31 heavy (non-hydrogen) atoms. The first-order valence-corrected chi connectivity index (χ1v) is 12.5. The Morgan fingerprint density at radius 2 is 2.03 bits per heavy atom. The van der Waals surface area contributed by atoms with Crippen molar-refractivity contribution in [3.05, 3.63) is 18.3 Å². The van der Waals surface area contributed by atoms with Crippen molar-refractivity contribution in [3.8, 4) is 6.07 Å². The number of hydrogen-bond donors (Lipinski definition) is 1. The van der Waals surface area contributed by atoms with Gasteiger partial charge in [0.15, 0.2) is 0 Å². The molecule has 10 heteroatoms. The molecule has 0 aromatic carbocycles. The third-order valence-electron chi connectivity index (χ3n) is 6.10. The maximum atomic E-state index is 12.8. The van der Waals surface area contributed by atoms with Crippen LogP contribution >= 0.6 is 0 Å². The number of sulfonamides is 1. The predicted octanol–water partition coefficient (Wildman–Crippen LogP) is 2.20. The van der Waals surface area contributed by atoms with Gasteiger partial charge in [-0.2, -0.15) is 9.57 Å². The van der Waals surface area contributed by atoms with Gasteiger partial charge in [-0.1, -0.05) is 13.3 Å². The van der Waals surface area contributed by atoms with Gasteiger partial charge in [-0.05, 0) is 51.2 Å². The van der Waals surface area contributed by atoms with Gasteiger partial charge in [0.05, 0.1) is 12.6 Å². The summed E-state index contributed by atoms with van der Waals surface area (Å²) in [4.78, 5) is 18.9. The smallest absolute Gasteiger partial charge is 0.244 e.